The summed E-state index contributed by atoms with van der Waals surface area (Å²) in [5.41, 5.74) is 1.12. The fraction of sp³-hybridized carbons (Fsp3) is 0.0952. The molecule has 0 aromatic heterocycles. The molecular weight excluding hydrogens is 583 g/mol. The topological polar surface area (TPSA) is 67.9 Å². The van der Waals surface area contributed by atoms with E-state index in [0.29, 0.717) is 29.4 Å². The van der Waals surface area contributed by atoms with Crippen LogP contribution in [0, 0.1) is 3.57 Å². The van der Waals surface area contributed by atoms with Crippen molar-refractivity contribution in [3.63, 3.8) is 0 Å². The molecule has 2 aromatic carbocycles. The van der Waals surface area contributed by atoms with Crippen LogP contribution in [0.1, 0.15) is 5.56 Å². The lowest BCUT2D eigenvalue weighted by Crippen LogP contribution is -2.54. The van der Waals surface area contributed by atoms with E-state index in [4.69, 9.17) is 21.7 Å². The lowest BCUT2D eigenvalue weighted by molar-refractivity contribution is -0.122. The number of hydrogen-bond acceptors (Lipinski definition) is 5. The number of carbonyl (C=O) groups excluding carboxylic acids is 2. The van der Waals surface area contributed by atoms with Crippen molar-refractivity contribution < 1.29 is 19.1 Å². The lowest BCUT2D eigenvalue weighted by Gasteiger charge is -2.29. The Bertz CT molecular complexity index is 1090. The number of methoxy groups -OCH3 is 1. The largest absolute Gasteiger partial charge is 0.493 e. The molecule has 0 spiro atoms. The molecule has 0 unspecified atom stereocenters. The van der Waals surface area contributed by atoms with E-state index in [1.807, 2.05) is 6.07 Å². The number of ether oxygens (including phenoxy) is 2. The van der Waals surface area contributed by atoms with Crippen LogP contribution in [0.2, 0.25) is 0 Å². The van der Waals surface area contributed by atoms with E-state index in [-0.39, 0.29) is 10.7 Å². The first-order chi connectivity index (χ1) is 14.3. The molecular formula is C21H16BrIN2O4S. The Kier molecular flexibility index (Phi) is 7.27. The summed E-state index contributed by atoms with van der Waals surface area (Å²) in [6.45, 7) is 3.96. The third-order valence-electron chi connectivity index (χ3n) is 4.08. The molecule has 2 amide bonds. The fourth-order valence-corrected chi connectivity index (χ4v) is 4.23. The van der Waals surface area contributed by atoms with Gasteiger partial charge in [-0.2, -0.15) is 0 Å². The van der Waals surface area contributed by atoms with Crippen LogP contribution in [0.3, 0.4) is 0 Å². The first-order valence-corrected chi connectivity index (χ1v) is 10.9. The molecule has 2 aromatic rings. The van der Waals surface area contributed by atoms with E-state index in [1.165, 1.54) is 18.1 Å². The summed E-state index contributed by atoms with van der Waals surface area (Å²) in [5, 5.41) is 2.60. The monoisotopic (exact) mass is 598 g/mol. The number of amides is 2. The van der Waals surface area contributed by atoms with Gasteiger partial charge in [-0.05, 0) is 76.8 Å². The Morgan fingerprint density at radius 2 is 2.07 bits per heavy atom. The van der Waals surface area contributed by atoms with Crippen molar-refractivity contribution in [3.05, 3.63) is 68.2 Å². The van der Waals surface area contributed by atoms with Crippen LogP contribution in [-0.2, 0) is 9.59 Å². The highest BCUT2D eigenvalue weighted by molar-refractivity contribution is 14.1. The van der Waals surface area contributed by atoms with Crippen molar-refractivity contribution in [1.29, 1.82) is 0 Å². The van der Waals surface area contributed by atoms with Gasteiger partial charge < -0.3 is 9.47 Å². The number of hydrogen-bond donors (Lipinski definition) is 1. The van der Waals surface area contributed by atoms with Crippen molar-refractivity contribution in [2.45, 2.75) is 0 Å². The molecule has 1 aliphatic heterocycles. The molecule has 6 nitrogen and oxygen atoms in total. The third kappa shape index (κ3) is 4.73. The number of carbonyl (C=O) groups is 2. The molecule has 30 heavy (non-hydrogen) atoms. The molecule has 9 heteroatoms. The Labute approximate surface area is 201 Å². The highest BCUT2D eigenvalue weighted by Crippen LogP contribution is 2.35. The minimum absolute atomic E-state index is 0.0283. The number of nitrogens with one attached hydrogen (secondary N) is 1. The Hall–Kier alpha value is -2.24. The molecule has 3 rings (SSSR count). The van der Waals surface area contributed by atoms with Gasteiger partial charge in [0.2, 0.25) is 0 Å². The number of thiocarbonyl (C=S) groups is 1. The summed E-state index contributed by atoms with van der Waals surface area (Å²) >= 11 is 10.7. The quantitative estimate of drug-likeness (QED) is 0.175. The Balaban J connectivity index is 2.02. The summed E-state index contributed by atoms with van der Waals surface area (Å²) in [6.07, 6.45) is 3.14. The second-order valence-corrected chi connectivity index (χ2v) is 8.54. The standard InChI is InChI=1S/C21H16BrIN2O4S/c1-3-7-29-18-16(23)9-12(10-17(18)28-2)8-15-19(26)24-21(30)25(20(15)27)14-6-4-5-13(22)11-14/h3-6,8-11H,1,7H2,2H3,(H,24,26,30)/b15-8-. The highest BCUT2D eigenvalue weighted by atomic mass is 127. The minimum atomic E-state index is -0.558. The Morgan fingerprint density at radius 3 is 2.73 bits per heavy atom. The van der Waals surface area contributed by atoms with Gasteiger partial charge in [-0.1, -0.05) is 34.7 Å². The average Bonchev–Trinajstić information content (AvgIpc) is 2.70. The summed E-state index contributed by atoms with van der Waals surface area (Å²) in [7, 11) is 1.52. The first-order valence-electron chi connectivity index (χ1n) is 8.64. The number of nitrogens with zero attached hydrogens (tertiary/aromatic N) is 1. The predicted molar refractivity (Wildman–Crippen MR) is 132 cm³/mol. The van der Waals surface area contributed by atoms with E-state index in [9.17, 15) is 9.59 Å². The SMILES string of the molecule is C=CCOc1c(I)cc(/C=C2/C(=O)NC(=S)N(c3cccc(Br)c3)C2=O)cc1OC. The molecule has 0 saturated carbocycles. The van der Waals surface area contributed by atoms with Crippen molar-refractivity contribution >= 4 is 79.4 Å². The van der Waals surface area contributed by atoms with Crippen LogP contribution in [0.4, 0.5) is 5.69 Å². The molecule has 1 saturated heterocycles. The minimum Gasteiger partial charge on any atom is -0.493 e. The maximum atomic E-state index is 13.1. The average molecular weight is 599 g/mol. The molecule has 1 fully saturated rings. The smallest absolute Gasteiger partial charge is 0.270 e. The molecule has 0 radical (unpaired) electrons. The first kappa shape index (κ1) is 22.4. The van der Waals surface area contributed by atoms with Crippen LogP contribution in [-0.4, -0.2) is 30.6 Å². The molecule has 0 atom stereocenters. The third-order valence-corrected chi connectivity index (χ3v) is 5.66. The number of halogens is 2. The van der Waals surface area contributed by atoms with Gasteiger partial charge in [-0.3, -0.25) is 19.8 Å². The van der Waals surface area contributed by atoms with Crippen LogP contribution in [0.25, 0.3) is 6.08 Å². The Morgan fingerprint density at radius 1 is 1.30 bits per heavy atom. The highest BCUT2D eigenvalue weighted by Gasteiger charge is 2.34. The summed E-state index contributed by atoms with van der Waals surface area (Å²) < 4.78 is 12.6. The number of anilines is 1. The fourth-order valence-electron chi connectivity index (χ4n) is 2.78. The number of benzene rings is 2. The van der Waals surface area contributed by atoms with Crippen molar-refractivity contribution in [2.75, 3.05) is 18.6 Å². The van der Waals surface area contributed by atoms with E-state index < -0.39 is 11.8 Å². The zero-order chi connectivity index (χ0) is 21.8. The van der Waals surface area contributed by atoms with Crippen molar-refractivity contribution in [3.8, 4) is 11.5 Å². The van der Waals surface area contributed by atoms with E-state index >= 15 is 0 Å². The second kappa shape index (κ2) is 9.71. The van der Waals surface area contributed by atoms with Gasteiger partial charge in [0.25, 0.3) is 11.8 Å². The molecule has 1 aliphatic rings. The predicted octanol–water partition coefficient (Wildman–Crippen LogP) is 4.46. The summed E-state index contributed by atoms with van der Waals surface area (Å²) in [6, 6.07) is 10.6. The van der Waals surface area contributed by atoms with Gasteiger partial charge in [0, 0.05) is 4.47 Å². The van der Waals surface area contributed by atoms with Crippen LogP contribution < -0.4 is 19.7 Å². The summed E-state index contributed by atoms with van der Waals surface area (Å²) in [4.78, 5) is 26.9. The van der Waals surface area contributed by atoms with Crippen LogP contribution in [0.15, 0.2) is 59.1 Å². The maximum absolute atomic E-state index is 13.1. The number of rotatable bonds is 6. The second-order valence-electron chi connectivity index (χ2n) is 6.07. The zero-order valence-electron chi connectivity index (χ0n) is 15.8. The van der Waals surface area contributed by atoms with Crippen LogP contribution >= 0.6 is 50.7 Å². The maximum Gasteiger partial charge on any atom is 0.270 e. The molecule has 1 heterocycles. The van der Waals surface area contributed by atoms with Crippen molar-refractivity contribution in [2.24, 2.45) is 0 Å². The summed E-state index contributed by atoms with van der Waals surface area (Å²) in [5.74, 6) is -0.0184. The van der Waals surface area contributed by atoms with E-state index in [1.54, 1.807) is 36.4 Å². The van der Waals surface area contributed by atoms with Crippen molar-refractivity contribution in [1.82, 2.24) is 5.32 Å². The van der Waals surface area contributed by atoms with Gasteiger partial charge in [0.15, 0.2) is 16.6 Å². The van der Waals surface area contributed by atoms with Gasteiger partial charge in [0.1, 0.15) is 12.2 Å². The molecule has 0 bridgehead atoms. The molecule has 1 N–H and O–H groups in total. The van der Waals surface area contributed by atoms with Gasteiger partial charge in [-0.25, -0.2) is 0 Å². The normalized spacial score (nSPS) is 15.2. The van der Waals surface area contributed by atoms with Gasteiger partial charge >= 0.3 is 0 Å². The lowest BCUT2D eigenvalue weighted by atomic mass is 10.1. The van der Waals surface area contributed by atoms with E-state index in [0.717, 1.165) is 8.04 Å². The zero-order valence-corrected chi connectivity index (χ0v) is 20.3. The molecule has 154 valence electrons. The van der Waals surface area contributed by atoms with Gasteiger partial charge in [0.05, 0.1) is 16.4 Å². The molecule has 0 aliphatic carbocycles. The van der Waals surface area contributed by atoms with E-state index in [2.05, 4.69) is 50.4 Å². The van der Waals surface area contributed by atoms with Crippen LogP contribution in [0.5, 0.6) is 11.5 Å². The van der Waals surface area contributed by atoms with Gasteiger partial charge in [-0.15, -0.1) is 0 Å².